The van der Waals surface area contributed by atoms with Crippen LogP contribution in [-0.4, -0.2) is 5.43 Å². The van der Waals surface area contributed by atoms with Crippen molar-refractivity contribution < 1.29 is 48.1 Å². The summed E-state index contributed by atoms with van der Waals surface area (Å²) in [7, 11) is 0. The molecule has 0 aliphatic heterocycles. The summed E-state index contributed by atoms with van der Waals surface area (Å²) in [6.45, 7) is 9.10. The van der Waals surface area contributed by atoms with Crippen LogP contribution in [0.15, 0.2) is 170 Å². The molecule has 0 saturated heterocycles. The van der Waals surface area contributed by atoms with Crippen molar-refractivity contribution in [1.82, 2.24) is 0 Å². The second-order valence-electron chi connectivity index (χ2n) is 13.7. The number of rotatable bonds is 8. The molecular formula is C50H48Cl2SiZr-2. The van der Waals surface area contributed by atoms with Gasteiger partial charge in [-0.1, -0.05) is 206 Å². The first-order chi connectivity index (χ1) is 25.5. The van der Waals surface area contributed by atoms with Crippen molar-refractivity contribution in [3.05, 3.63) is 181 Å². The van der Waals surface area contributed by atoms with Crippen LogP contribution >= 0.6 is 0 Å². The summed E-state index contributed by atoms with van der Waals surface area (Å²) in [5, 5.41) is 5.47. The summed E-state index contributed by atoms with van der Waals surface area (Å²) in [6.07, 6.45) is 4.63. The zero-order chi connectivity index (χ0) is 36.3. The van der Waals surface area contributed by atoms with Gasteiger partial charge in [-0.2, -0.15) is 12.1 Å². The van der Waals surface area contributed by atoms with E-state index in [1.54, 1.807) is 23.3 Å². The van der Waals surface area contributed by atoms with Gasteiger partial charge in [0.15, 0.2) is 0 Å². The first kappa shape index (κ1) is 43.0. The molecule has 0 heterocycles. The maximum Gasteiger partial charge on any atom is -1.00 e. The largest absolute Gasteiger partial charge is 1.00 e. The Morgan fingerprint density at radius 2 is 0.685 bits per heavy atom. The molecule has 0 aromatic heterocycles. The van der Waals surface area contributed by atoms with Gasteiger partial charge >= 0.3 is 41.9 Å². The molecule has 0 aliphatic rings. The molecule has 0 nitrogen and oxygen atoms in total. The quantitative estimate of drug-likeness (QED) is 0.107. The van der Waals surface area contributed by atoms with E-state index < -0.39 is 0 Å². The molecule has 0 aliphatic carbocycles. The fourth-order valence-electron chi connectivity index (χ4n) is 7.06. The summed E-state index contributed by atoms with van der Waals surface area (Å²) < 4.78 is 0. The third-order valence-electron chi connectivity index (χ3n) is 9.31. The van der Waals surface area contributed by atoms with Gasteiger partial charge in [0, 0.05) is 0 Å². The van der Waals surface area contributed by atoms with Crippen LogP contribution < -0.4 is 24.8 Å². The maximum atomic E-state index is 2.38. The summed E-state index contributed by atoms with van der Waals surface area (Å²) >= 11 is 1.74. The Morgan fingerprint density at radius 1 is 0.426 bits per heavy atom. The van der Waals surface area contributed by atoms with Crippen LogP contribution in [0.2, 0.25) is 13.1 Å². The molecule has 0 radical (unpaired) electrons. The molecule has 0 spiro atoms. The van der Waals surface area contributed by atoms with Crippen LogP contribution in [0.25, 0.3) is 66.1 Å². The Kier molecular flexibility index (Phi) is 17.0. The average molecular weight is 839 g/mol. The smallest absolute Gasteiger partial charge is 1.00 e. The minimum atomic E-state index is 0. The average Bonchev–Trinajstić information content (AvgIpc) is 3.80. The molecule has 0 fully saturated rings. The van der Waals surface area contributed by atoms with Gasteiger partial charge in [-0.05, 0) is 24.0 Å². The minimum Gasteiger partial charge on any atom is -1.00 e. The zero-order valence-electron chi connectivity index (χ0n) is 31.8. The van der Waals surface area contributed by atoms with Crippen molar-refractivity contribution in [2.45, 2.75) is 52.6 Å². The zero-order valence-corrected chi connectivity index (χ0v) is 36.7. The standard InChI is InChI=1S/2C24H21.C2H6Si.2ClH.Zr/c2*1-2-9-18-16-23-21(19-10-5-3-6-11-19)14-15-22(24(23)17-18)20-12-7-4-8-13-20;1-3-2;;;/h2*3-8,10-17H,2,9H2,1H3;1-2H3;2*1H;/q2*-1;;;;+2/p-2. The minimum absolute atomic E-state index is 0. The molecule has 272 valence electrons. The van der Waals surface area contributed by atoms with Crippen molar-refractivity contribution in [2.24, 2.45) is 0 Å². The second kappa shape index (κ2) is 21.3. The molecule has 0 amide bonds. The van der Waals surface area contributed by atoms with Crippen LogP contribution in [0, 0.1) is 0 Å². The van der Waals surface area contributed by atoms with Gasteiger partial charge in [-0.15, -0.1) is 44.8 Å². The first-order valence-corrected chi connectivity index (χ1v) is 24.8. The maximum absolute atomic E-state index is 2.38. The van der Waals surface area contributed by atoms with E-state index in [1.807, 2.05) is 0 Å². The second-order valence-corrected chi connectivity index (χ2v) is 23.0. The number of hydrogen-bond donors (Lipinski definition) is 0. The van der Waals surface area contributed by atoms with Gasteiger partial charge in [0.05, 0.1) is 0 Å². The Bertz CT molecular complexity index is 2020. The van der Waals surface area contributed by atoms with Crippen molar-refractivity contribution in [3.8, 4) is 44.5 Å². The molecule has 8 aromatic rings. The van der Waals surface area contributed by atoms with Gasteiger partial charge in [0.2, 0.25) is 0 Å². The Labute approximate surface area is 350 Å². The number of aryl methyl sites for hydroxylation is 2. The van der Waals surface area contributed by atoms with E-state index in [1.165, 1.54) is 90.0 Å². The Balaban J connectivity index is 0.000000212. The Hall–Kier alpha value is -3.78. The third kappa shape index (κ3) is 10.7. The van der Waals surface area contributed by atoms with Gasteiger partial charge in [-0.3, -0.25) is 0 Å². The van der Waals surface area contributed by atoms with Gasteiger partial charge in [0.25, 0.3) is 0 Å². The van der Waals surface area contributed by atoms with Gasteiger partial charge in [0.1, 0.15) is 0 Å². The predicted octanol–water partition coefficient (Wildman–Crippen LogP) is 8.48. The number of halogens is 2. The molecular weight excluding hydrogens is 791 g/mol. The van der Waals surface area contributed by atoms with E-state index in [-0.39, 0.29) is 30.2 Å². The van der Waals surface area contributed by atoms with Crippen molar-refractivity contribution >= 4 is 27.0 Å². The van der Waals surface area contributed by atoms with Crippen LogP contribution in [0.3, 0.4) is 0 Å². The van der Waals surface area contributed by atoms with E-state index in [9.17, 15) is 0 Å². The van der Waals surface area contributed by atoms with E-state index in [2.05, 4.69) is 197 Å². The van der Waals surface area contributed by atoms with Gasteiger partial charge < -0.3 is 24.8 Å². The van der Waals surface area contributed by atoms with Crippen LogP contribution in [0.1, 0.15) is 37.8 Å². The summed E-state index contributed by atoms with van der Waals surface area (Å²) in [5.41, 5.74) is 13.5. The van der Waals surface area contributed by atoms with E-state index in [0.717, 1.165) is 12.8 Å². The number of fused-ring (bicyclic) bond motifs is 2. The van der Waals surface area contributed by atoms with Crippen molar-refractivity contribution in [3.63, 3.8) is 0 Å². The topological polar surface area (TPSA) is 0 Å². The molecule has 0 unspecified atom stereocenters. The van der Waals surface area contributed by atoms with Crippen molar-refractivity contribution in [1.29, 1.82) is 0 Å². The summed E-state index contributed by atoms with van der Waals surface area (Å²) in [6, 6.07) is 61.4. The first-order valence-electron chi connectivity index (χ1n) is 18.6. The van der Waals surface area contributed by atoms with Crippen LogP contribution in [0.4, 0.5) is 0 Å². The molecule has 0 saturated carbocycles. The molecule has 0 N–H and O–H groups in total. The number of hydrogen-bond acceptors (Lipinski definition) is 0. The Morgan fingerprint density at radius 3 is 0.963 bits per heavy atom. The molecule has 0 atom stereocenters. The fourth-order valence-corrected chi connectivity index (χ4v) is 7.06. The fraction of sp³-hybridized carbons (Fsp3) is 0.160. The van der Waals surface area contributed by atoms with E-state index in [0.29, 0.717) is 0 Å². The normalized spacial score (nSPS) is 10.3. The molecule has 54 heavy (non-hydrogen) atoms. The number of benzene rings is 6. The monoisotopic (exact) mass is 836 g/mol. The predicted molar refractivity (Wildman–Crippen MR) is 226 cm³/mol. The molecule has 0 bridgehead atoms. The van der Waals surface area contributed by atoms with Crippen LogP contribution in [-0.2, 0) is 36.2 Å². The molecule has 8 aromatic carbocycles. The molecule has 4 heteroatoms. The van der Waals surface area contributed by atoms with Gasteiger partial charge in [-0.25, -0.2) is 0 Å². The van der Waals surface area contributed by atoms with E-state index >= 15 is 0 Å². The molecule has 8 rings (SSSR count). The van der Waals surface area contributed by atoms with Crippen LogP contribution in [0.5, 0.6) is 0 Å². The van der Waals surface area contributed by atoms with Crippen molar-refractivity contribution in [2.75, 3.05) is 0 Å². The summed E-state index contributed by atoms with van der Waals surface area (Å²) in [4.78, 5) is 0. The summed E-state index contributed by atoms with van der Waals surface area (Å²) in [5.74, 6) is 0. The SMILES string of the molecule is CCCc1cc2c(-c3ccccc3)ccc(-c3ccccc3)c2[cH-]1.CCCc1cc2c(-c3ccccc3)ccc(-c3ccccc3)c2[cH-]1.C[Si](C)=[Zr+2].[Cl-].[Cl-]. The van der Waals surface area contributed by atoms with E-state index in [4.69, 9.17) is 0 Å². The third-order valence-corrected chi connectivity index (χ3v) is 9.31.